The van der Waals surface area contributed by atoms with Crippen LogP contribution in [0, 0.1) is 29.6 Å². The molecule has 0 radical (unpaired) electrons. The highest BCUT2D eigenvalue weighted by Gasteiger charge is 2.26. The first-order chi connectivity index (χ1) is 39.7. The summed E-state index contributed by atoms with van der Waals surface area (Å²) < 4.78 is 165. The molecule has 2 aromatic heterocycles. The molecule has 0 unspecified atom stereocenters. The van der Waals surface area contributed by atoms with Gasteiger partial charge in [0.05, 0.1) is 37.3 Å². The molecule has 29 heteroatoms. The Balaban J connectivity index is 1.02. The van der Waals surface area contributed by atoms with Crippen molar-refractivity contribution in [3.63, 3.8) is 0 Å². The van der Waals surface area contributed by atoms with Gasteiger partial charge in [0.2, 0.25) is 0 Å². The van der Waals surface area contributed by atoms with E-state index in [4.69, 9.17) is 4.98 Å². The van der Waals surface area contributed by atoms with Crippen LogP contribution < -0.4 is 10.0 Å². The molecule has 0 saturated heterocycles. The smallest absolute Gasteiger partial charge is 0.295 e. The Morgan fingerprint density at radius 2 is 1.12 bits per heavy atom. The number of sulfonamides is 1. The number of rotatable bonds is 16. The molecule has 0 aliphatic rings. The zero-order chi connectivity index (χ0) is 60.1. The first kappa shape index (κ1) is 58.0. The minimum absolute atomic E-state index is 0.0116. The van der Waals surface area contributed by atoms with Gasteiger partial charge < -0.3 is 5.32 Å². The van der Waals surface area contributed by atoms with Crippen molar-refractivity contribution in [1.29, 1.82) is 10.5 Å². The van der Waals surface area contributed by atoms with Gasteiger partial charge in [-0.05, 0) is 125 Å². The van der Waals surface area contributed by atoms with E-state index in [-0.39, 0.29) is 76.9 Å². The van der Waals surface area contributed by atoms with Crippen LogP contribution in [-0.2, 0) is 56.9 Å². The fourth-order valence-corrected chi connectivity index (χ4v) is 13.4. The van der Waals surface area contributed by atoms with Crippen LogP contribution in [0.4, 0.5) is 38.6 Å². The summed E-state index contributed by atoms with van der Waals surface area (Å²) in [5.74, 6) is 0.0116. The quantitative estimate of drug-likeness (QED) is 0.0386. The van der Waals surface area contributed by atoms with Gasteiger partial charge in [-0.15, -0.1) is 20.5 Å². The zero-order valence-electron chi connectivity index (χ0n) is 42.7. The van der Waals surface area contributed by atoms with Gasteiger partial charge in [-0.1, -0.05) is 84.1 Å². The molecule has 0 saturated carbocycles. The molecular weight excluding hydrogens is 1200 g/mol. The van der Waals surface area contributed by atoms with E-state index in [1.807, 2.05) is 36.4 Å². The molecule has 0 aliphatic heterocycles. The molecule has 10 aromatic rings. The summed E-state index contributed by atoms with van der Waals surface area (Å²) in [6, 6.07) is 41.4. The van der Waals surface area contributed by atoms with Crippen molar-refractivity contribution in [1.82, 2.24) is 4.98 Å². The summed E-state index contributed by atoms with van der Waals surface area (Å²) in [6.07, 6.45) is -0.0162. The third-order valence-electron chi connectivity index (χ3n) is 13.0. The van der Waals surface area contributed by atoms with Crippen LogP contribution in [0.5, 0.6) is 0 Å². The van der Waals surface area contributed by atoms with Crippen molar-refractivity contribution in [3.05, 3.63) is 186 Å². The third kappa shape index (κ3) is 12.1. The SMILES string of the molecule is Cc1c(C#N)c(Cc2ccc(S(=O)(=O)O)cc2)nc(Nc2ccc(S(=O)(=O)O)cc2)c1N=Nc1sc(N=Nc2ccc3cc(S(=O)(=O)Nc4cc(S(=O)(=O)O)c5cccc(S(=O)(=O)O)c5c4)ccc3c2)c(-c2ccc3ccccc3c2)c1C#N. The van der Waals surface area contributed by atoms with Gasteiger partial charge in [-0.2, -0.15) is 44.2 Å². The van der Waals surface area contributed by atoms with Crippen LogP contribution in [0.3, 0.4) is 0 Å². The van der Waals surface area contributed by atoms with Crippen molar-refractivity contribution in [2.75, 3.05) is 10.0 Å². The van der Waals surface area contributed by atoms with E-state index in [0.29, 0.717) is 27.5 Å². The number of nitrogens with one attached hydrogen (secondary N) is 2. The van der Waals surface area contributed by atoms with E-state index >= 15 is 0 Å². The highest BCUT2D eigenvalue weighted by molar-refractivity contribution is 7.92. The Labute approximate surface area is 482 Å². The Morgan fingerprint density at radius 1 is 0.524 bits per heavy atom. The van der Waals surface area contributed by atoms with Gasteiger partial charge >= 0.3 is 0 Å². The van der Waals surface area contributed by atoms with Crippen LogP contribution >= 0.6 is 11.3 Å². The number of benzene rings is 8. The number of nitrogens with zero attached hydrogens (tertiary/aromatic N) is 7. The largest absolute Gasteiger partial charge is 0.338 e. The minimum Gasteiger partial charge on any atom is -0.338 e. The molecule has 0 spiro atoms. The van der Waals surface area contributed by atoms with Crippen molar-refractivity contribution >= 4 is 133 Å². The molecular formula is C55H37N9O14S6. The maximum absolute atomic E-state index is 13.8. The Bertz CT molecular complexity index is 5160. The van der Waals surface area contributed by atoms with Crippen molar-refractivity contribution < 1.29 is 60.3 Å². The minimum atomic E-state index is -5.06. The number of fused-ring (bicyclic) bond motifs is 3. The number of aromatic nitrogens is 1. The van der Waals surface area contributed by atoms with E-state index in [1.54, 1.807) is 25.1 Å². The average Bonchev–Trinajstić information content (AvgIpc) is 1.56. The number of nitriles is 2. The zero-order valence-corrected chi connectivity index (χ0v) is 47.6. The molecule has 23 nitrogen and oxygen atoms in total. The van der Waals surface area contributed by atoms with E-state index < -0.39 is 76.3 Å². The lowest BCUT2D eigenvalue weighted by molar-refractivity contribution is 0.481. The predicted molar refractivity (Wildman–Crippen MR) is 311 cm³/mol. The summed E-state index contributed by atoms with van der Waals surface area (Å²) in [5.41, 5.74) is 2.07. The van der Waals surface area contributed by atoms with Crippen LogP contribution in [0.15, 0.2) is 203 Å². The van der Waals surface area contributed by atoms with E-state index in [1.165, 1.54) is 66.7 Å². The highest BCUT2D eigenvalue weighted by atomic mass is 32.2. The standard InChI is InChI=1S/C55H37N9O14S6/c1-31-46(29-56)48(23-32-9-18-41(19-10-32)81(67,68)69)59-53(58-38-16-21-42(22-17-38)82(70,71)72)52(31)61-62-54-47(30-57)51(37-12-11-33-5-2-3-6-34(33)24-37)55(79-54)63-60-39-15-13-36-26-43(20-14-35(36)25-39)80(65,66)64-40-27-45-44(50(28-40)84(76,77)78)7-4-8-49(45)83(73,74)75/h2-22,24-28,64H,23H2,1H3,(H,58,59)(H,67,68,69)(H,70,71,72)(H,73,74,75)(H,76,77,78). The number of thiophene rings is 1. The molecule has 84 heavy (non-hydrogen) atoms. The van der Waals surface area contributed by atoms with E-state index in [2.05, 4.69) is 42.6 Å². The monoisotopic (exact) mass is 1240 g/mol. The van der Waals surface area contributed by atoms with Gasteiger partial charge in [0.1, 0.15) is 38.2 Å². The van der Waals surface area contributed by atoms with Gasteiger partial charge in [-0.3, -0.25) is 22.9 Å². The van der Waals surface area contributed by atoms with E-state index in [0.717, 1.165) is 58.5 Å². The fourth-order valence-electron chi connectivity index (χ4n) is 9.00. The molecule has 8 aromatic carbocycles. The lowest BCUT2D eigenvalue weighted by atomic mass is 10.00. The maximum atomic E-state index is 13.8. The first-order valence-corrected chi connectivity index (χ1v) is 32.1. The Hall–Kier alpha value is -9.24. The van der Waals surface area contributed by atoms with Gasteiger partial charge in [0.15, 0.2) is 10.8 Å². The molecule has 2 heterocycles. The second-order valence-electron chi connectivity index (χ2n) is 18.4. The summed E-state index contributed by atoms with van der Waals surface area (Å²) >= 11 is 0.947. The molecule has 0 fully saturated rings. The number of anilines is 3. The van der Waals surface area contributed by atoms with Crippen molar-refractivity contribution in [2.45, 2.75) is 37.8 Å². The topological polar surface area (TPSA) is 386 Å². The van der Waals surface area contributed by atoms with Crippen molar-refractivity contribution in [3.8, 4) is 23.3 Å². The Kier molecular flexibility index (Phi) is 15.3. The number of pyridine rings is 1. The van der Waals surface area contributed by atoms with Crippen LogP contribution in [-0.4, -0.2) is 65.3 Å². The summed E-state index contributed by atoms with van der Waals surface area (Å²) in [6.45, 7) is 1.58. The maximum Gasteiger partial charge on any atom is 0.295 e. The number of azo groups is 2. The molecule has 422 valence electrons. The average molecular weight is 1240 g/mol. The second kappa shape index (κ2) is 22.2. The number of hydrogen-bond donors (Lipinski definition) is 6. The lowest BCUT2D eigenvalue weighted by Crippen LogP contribution is -2.14. The molecule has 10 rings (SSSR count). The Morgan fingerprint density at radius 3 is 1.77 bits per heavy atom. The molecule has 0 aliphatic carbocycles. The second-order valence-corrected chi connectivity index (χ2v) is 26.7. The van der Waals surface area contributed by atoms with Crippen molar-refractivity contribution in [2.24, 2.45) is 20.5 Å². The number of hydrogen-bond acceptors (Lipinski definition) is 19. The molecule has 0 bridgehead atoms. The molecule has 0 atom stereocenters. The van der Waals surface area contributed by atoms with Gasteiger partial charge in [-0.25, -0.2) is 13.4 Å². The van der Waals surface area contributed by atoms with Crippen LogP contribution in [0.1, 0.15) is 27.9 Å². The molecule has 6 N–H and O–H groups in total. The van der Waals surface area contributed by atoms with E-state index in [9.17, 15) is 70.8 Å². The van der Waals surface area contributed by atoms with Crippen LogP contribution in [0.25, 0.3) is 43.4 Å². The molecule has 0 amide bonds. The summed E-state index contributed by atoms with van der Waals surface area (Å²) in [7, 11) is -23.6. The highest BCUT2D eigenvalue weighted by Crippen LogP contribution is 2.49. The van der Waals surface area contributed by atoms with Crippen LogP contribution in [0.2, 0.25) is 0 Å². The van der Waals surface area contributed by atoms with Gasteiger partial charge in [0, 0.05) is 34.0 Å². The first-order valence-electron chi connectivity index (χ1n) is 24.0. The fraction of sp³-hybridized carbons (Fsp3) is 0.0364. The lowest BCUT2D eigenvalue weighted by Gasteiger charge is -2.15. The third-order valence-corrected chi connectivity index (χ3v) is 18.8. The summed E-state index contributed by atoms with van der Waals surface area (Å²) in [5, 5.41) is 44.9. The van der Waals surface area contributed by atoms with Gasteiger partial charge in [0.25, 0.3) is 50.5 Å². The summed E-state index contributed by atoms with van der Waals surface area (Å²) in [4.78, 5) is 2.11. The normalized spacial score (nSPS) is 12.5. The predicted octanol–water partition coefficient (Wildman–Crippen LogP) is 12.3.